The summed E-state index contributed by atoms with van der Waals surface area (Å²) in [6.45, 7) is 1.31. The normalized spacial score (nSPS) is 20.7. The molecule has 0 saturated carbocycles. The van der Waals surface area contributed by atoms with Crippen LogP contribution in [0.25, 0.3) is 0 Å². The van der Waals surface area contributed by atoms with Crippen LogP contribution < -0.4 is 5.32 Å². The Kier molecular flexibility index (Phi) is 6.14. The Hall–Kier alpha value is -2.15. The van der Waals surface area contributed by atoms with Gasteiger partial charge in [0.15, 0.2) is 0 Å². The number of carbonyl (C=O) groups excluding carboxylic acids is 1. The maximum absolute atomic E-state index is 12.9. The minimum atomic E-state index is -0.957. The minimum absolute atomic E-state index is 0.168. The van der Waals surface area contributed by atoms with Crippen molar-refractivity contribution in [1.29, 1.82) is 0 Å². The number of rotatable bonds is 6. The zero-order valence-corrected chi connectivity index (χ0v) is 13.8. The van der Waals surface area contributed by atoms with E-state index in [4.69, 9.17) is 4.74 Å². The second-order valence-corrected chi connectivity index (χ2v) is 6.14. The van der Waals surface area contributed by atoms with Crippen molar-refractivity contribution in [3.05, 3.63) is 35.6 Å². The molecule has 2 N–H and O–H groups in total. The van der Waals surface area contributed by atoms with E-state index in [0.29, 0.717) is 32.4 Å². The molecule has 0 aliphatic carbocycles. The first-order chi connectivity index (χ1) is 11.5. The van der Waals surface area contributed by atoms with E-state index in [1.54, 1.807) is 12.1 Å². The SMILES string of the molecule is COCC[C@]1(C(=O)O)CCCN(C(=O)NCc2ccc(F)cc2)C1. The van der Waals surface area contributed by atoms with Gasteiger partial charge in [-0.3, -0.25) is 4.79 Å². The van der Waals surface area contributed by atoms with Gasteiger partial charge >= 0.3 is 12.0 Å². The van der Waals surface area contributed by atoms with Crippen LogP contribution in [0.1, 0.15) is 24.8 Å². The van der Waals surface area contributed by atoms with E-state index < -0.39 is 11.4 Å². The lowest BCUT2D eigenvalue weighted by molar-refractivity contribution is -0.153. The monoisotopic (exact) mass is 338 g/mol. The summed E-state index contributed by atoms with van der Waals surface area (Å²) >= 11 is 0. The molecule has 7 heteroatoms. The number of nitrogens with zero attached hydrogens (tertiary/aromatic N) is 1. The fourth-order valence-corrected chi connectivity index (χ4v) is 2.98. The van der Waals surface area contributed by atoms with E-state index >= 15 is 0 Å². The summed E-state index contributed by atoms with van der Waals surface area (Å²) in [6.07, 6.45) is 1.55. The van der Waals surface area contributed by atoms with Gasteiger partial charge in [0, 0.05) is 33.4 Å². The van der Waals surface area contributed by atoms with E-state index in [1.807, 2.05) is 0 Å². The van der Waals surface area contributed by atoms with Gasteiger partial charge in [-0.05, 0) is 37.0 Å². The van der Waals surface area contributed by atoms with Crippen LogP contribution >= 0.6 is 0 Å². The van der Waals surface area contributed by atoms with Crippen molar-refractivity contribution in [2.24, 2.45) is 5.41 Å². The van der Waals surface area contributed by atoms with Crippen LogP contribution in [0, 0.1) is 11.2 Å². The number of benzene rings is 1. The average molecular weight is 338 g/mol. The van der Waals surface area contributed by atoms with Gasteiger partial charge in [-0.25, -0.2) is 9.18 Å². The molecule has 1 aliphatic heterocycles. The van der Waals surface area contributed by atoms with Gasteiger partial charge in [0.05, 0.1) is 5.41 Å². The number of nitrogens with one attached hydrogen (secondary N) is 1. The Morgan fingerprint density at radius 3 is 2.71 bits per heavy atom. The van der Waals surface area contributed by atoms with Gasteiger partial charge in [0.25, 0.3) is 0 Å². The number of methoxy groups -OCH3 is 1. The summed E-state index contributed by atoms with van der Waals surface area (Å²) in [7, 11) is 1.53. The Labute approximate surface area is 140 Å². The van der Waals surface area contributed by atoms with Gasteiger partial charge in [0.1, 0.15) is 5.82 Å². The molecule has 6 nitrogen and oxygen atoms in total. The first kappa shape index (κ1) is 18.2. The molecule has 132 valence electrons. The number of likely N-dealkylation sites (tertiary alicyclic amines) is 1. The number of aliphatic carboxylic acids is 1. The highest BCUT2D eigenvalue weighted by atomic mass is 19.1. The zero-order chi connectivity index (χ0) is 17.6. The highest BCUT2D eigenvalue weighted by Crippen LogP contribution is 2.34. The Bertz CT molecular complexity index is 578. The Morgan fingerprint density at radius 1 is 1.38 bits per heavy atom. The summed E-state index contributed by atoms with van der Waals surface area (Å²) in [5, 5.41) is 12.4. The quantitative estimate of drug-likeness (QED) is 0.834. The fourth-order valence-electron chi connectivity index (χ4n) is 2.98. The van der Waals surface area contributed by atoms with Crippen molar-refractivity contribution >= 4 is 12.0 Å². The molecule has 2 amide bonds. The van der Waals surface area contributed by atoms with E-state index in [-0.39, 0.29) is 24.9 Å². The number of carboxylic acids is 1. The number of ether oxygens (including phenoxy) is 1. The molecule has 2 rings (SSSR count). The molecular weight excluding hydrogens is 315 g/mol. The topological polar surface area (TPSA) is 78.9 Å². The van der Waals surface area contributed by atoms with E-state index in [2.05, 4.69) is 5.32 Å². The highest BCUT2D eigenvalue weighted by molar-refractivity contribution is 5.78. The van der Waals surface area contributed by atoms with Crippen molar-refractivity contribution in [2.45, 2.75) is 25.8 Å². The molecular formula is C17H23FN2O4. The molecule has 0 spiro atoms. The lowest BCUT2D eigenvalue weighted by Gasteiger charge is -2.39. The molecule has 24 heavy (non-hydrogen) atoms. The summed E-state index contributed by atoms with van der Waals surface area (Å²) in [5.74, 6) is -1.22. The van der Waals surface area contributed by atoms with Crippen LogP contribution in [-0.4, -0.2) is 48.8 Å². The number of carbonyl (C=O) groups is 2. The van der Waals surface area contributed by atoms with E-state index in [1.165, 1.54) is 24.1 Å². The van der Waals surface area contributed by atoms with Crippen LogP contribution in [0.2, 0.25) is 0 Å². The summed E-state index contributed by atoms with van der Waals surface area (Å²) in [6, 6.07) is 5.57. The molecule has 1 aromatic carbocycles. The molecule has 1 aliphatic rings. The van der Waals surface area contributed by atoms with Crippen LogP contribution in [0.4, 0.5) is 9.18 Å². The van der Waals surface area contributed by atoms with Crippen LogP contribution in [0.3, 0.4) is 0 Å². The van der Waals surface area contributed by atoms with Crippen molar-refractivity contribution < 1.29 is 23.8 Å². The molecule has 0 aromatic heterocycles. The van der Waals surface area contributed by atoms with Crippen molar-refractivity contribution in [2.75, 3.05) is 26.8 Å². The molecule has 0 radical (unpaired) electrons. The number of piperidine rings is 1. The lowest BCUT2D eigenvalue weighted by Crippen LogP contribution is -2.52. The van der Waals surface area contributed by atoms with Crippen LogP contribution in [-0.2, 0) is 16.1 Å². The third kappa shape index (κ3) is 4.44. The number of hydrogen-bond donors (Lipinski definition) is 2. The second kappa shape index (κ2) is 8.10. The third-order valence-corrected chi connectivity index (χ3v) is 4.46. The summed E-state index contributed by atoms with van der Waals surface area (Å²) < 4.78 is 17.9. The third-order valence-electron chi connectivity index (χ3n) is 4.46. The first-order valence-electron chi connectivity index (χ1n) is 7.96. The molecule has 1 aromatic rings. The van der Waals surface area contributed by atoms with E-state index in [9.17, 15) is 19.1 Å². The standard InChI is InChI=1S/C17H23FN2O4/c1-24-10-8-17(15(21)22)7-2-9-20(12-17)16(23)19-11-13-3-5-14(18)6-4-13/h3-6H,2,7-12H2,1H3,(H,19,23)(H,21,22)/t17-/m1/s1. The van der Waals surface area contributed by atoms with E-state index in [0.717, 1.165) is 5.56 Å². The highest BCUT2D eigenvalue weighted by Gasteiger charge is 2.43. The molecule has 1 saturated heterocycles. The van der Waals surface area contributed by atoms with Crippen molar-refractivity contribution in [3.8, 4) is 0 Å². The van der Waals surface area contributed by atoms with Crippen molar-refractivity contribution in [1.82, 2.24) is 10.2 Å². The maximum atomic E-state index is 12.9. The van der Waals surface area contributed by atoms with Crippen LogP contribution in [0.5, 0.6) is 0 Å². The molecule has 1 atom stereocenters. The second-order valence-electron chi connectivity index (χ2n) is 6.14. The van der Waals surface area contributed by atoms with Gasteiger partial charge < -0.3 is 20.1 Å². The van der Waals surface area contributed by atoms with Gasteiger partial charge in [-0.1, -0.05) is 12.1 Å². The number of halogens is 1. The smallest absolute Gasteiger partial charge is 0.317 e. The maximum Gasteiger partial charge on any atom is 0.317 e. The Balaban J connectivity index is 1.95. The number of amides is 2. The summed E-state index contributed by atoms with van der Waals surface area (Å²) in [4.78, 5) is 25.6. The average Bonchev–Trinajstić information content (AvgIpc) is 2.59. The predicted molar refractivity (Wildman–Crippen MR) is 86.0 cm³/mol. The van der Waals surface area contributed by atoms with Gasteiger partial charge in [-0.15, -0.1) is 0 Å². The number of carboxylic acid groups (broad SMARTS) is 1. The van der Waals surface area contributed by atoms with Crippen LogP contribution in [0.15, 0.2) is 24.3 Å². The zero-order valence-electron chi connectivity index (χ0n) is 13.8. The van der Waals surface area contributed by atoms with Gasteiger partial charge in [0.2, 0.25) is 0 Å². The predicted octanol–water partition coefficient (Wildman–Crippen LogP) is 2.24. The molecule has 1 fully saturated rings. The lowest BCUT2D eigenvalue weighted by atomic mass is 9.77. The van der Waals surface area contributed by atoms with Gasteiger partial charge in [-0.2, -0.15) is 0 Å². The number of urea groups is 1. The fraction of sp³-hybridized carbons (Fsp3) is 0.529. The molecule has 1 heterocycles. The Morgan fingerprint density at radius 2 is 2.08 bits per heavy atom. The largest absolute Gasteiger partial charge is 0.481 e. The molecule has 0 unspecified atom stereocenters. The van der Waals surface area contributed by atoms with Crippen molar-refractivity contribution in [3.63, 3.8) is 0 Å². The first-order valence-corrected chi connectivity index (χ1v) is 7.96. The minimum Gasteiger partial charge on any atom is -0.481 e. The number of hydrogen-bond acceptors (Lipinski definition) is 3. The molecule has 0 bridgehead atoms. The summed E-state index contributed by atoms with van der Waals surface area (Å²) in [5.41, 5.74) is -0.174.